The Kier molecular flexibility index (Phi) is 6.04. The molecule has 0 aromatic carbocycles. The SMILES string of the molecule is Cc1ncc(C(=O)NCCN2CCCC23CCC3)cc1NC(=O)c1cnn2cc(-c3cnn(C)c3)sc12. The fraction of sp³-hybridized carbons (Fsp3) is 0.423. The average Bonchev–Trinajstić information content (AvgIpc) is 3.62. The van der Waals surface area contributed by atoms with E-state index in [9.17, 15) is 9.59 Å². The van der Waals surface area contributed by atoms with Gasteiger partial charge in [-0.25, -0.2) is 4.52 Å². The molecule has 10 nitrogen and oxygen atoms in total. The predicted octanol–water partition coefficient (Wildman–Crippen LogP) is 3.50. The lowest BCUT2D eigenvalue weighted by molar-refractivity contribution is 0.0561. The van der Waals surface area contributed by atoms with E-state index in [2.05, 4.69) is 30.7 Å². The van der Waals surface area contributed by atoms with Gasteiger partial charge in [0.25, 0.3) is 11.8 Å². The molecule has 192 valence electrons. The second-order valence-corrected chi connectivity index (χ2v) is 11.1. The number of aryl methyl sites for hydroxylation is 2. The van der Waals surface area contributed by atoms with Crippen molar-refractivity contribution in [1.82, 2.24) is 34.6 Å². The molecule has 1 aliphatic heterocycles. The Morgan fingerprint density at radius 1 is 1.08 bits per heavy atom. The van der Waals surface area contributed by atoms with E-state index in [1.165, 1.54) is 43.4 Å². The predicted molar refractivity (Wildman–Crippen MR) is 142 cm³/mol. The maximum absolute atomic E-state index is 13.2. The van der Waals surface area contributed by atoms with Crippen LogP contribution in [-0.2, 0) is 7.05 Å². The van der Waals surface area contributed by atoms with Gasteiger partial charge in [0.2, 0.25) is 0 Å². The van der Waals surface area contributed by atoms with Crippen molar-refractivity contribution in [2.24, 2.45) is 7.05 Å². The van der Waals surface area contributed by atoms with E-state index in [1.54, 1.807) is 33.9 Å². The molecular weight excluding hydrogens is 488 g/mol. The number of nitrogens with one attached hydrogen (secondary N) is 2. The van der Waals surface area contributed by atoms with Crippen LogP contribution < -0.4 is 10.6 Å². The van der Waals surface area contributed by atoms with Gasteiger partial charge in [0.15, 0.2) is 0 Å². The number of anilines is 1. The molecule has 4 aromatic heterocycles. The number of fused-ring (bicyclic) bond motifs is 1. The van der Waals surface area contributed by atoms with Crippen molar-refractivity contribution in [2.45, 2.75) is 44.6 Å². The number of hydrogen-bond acceptors (Lipinski definition) is 7. The Morgan fingerprint density at radius 2 is 1.92 bits per heavy atom. The first-order valence-electron chi connectivity index (χ1n) is 12.7. The van der Waals surface area contributed by atoms with Crippen molar-refractivity contribution >= 4 is 33.7 Å². The molecule has 4 aromatic rings. The number of carbonyl (C=O) groups is 2. The minimum atomic E-state index is -0.295. The molecular formula is C26H30N8O2S. The monoisotopic (exact) mass is 518 g/mol. The molecule has 2 amide bonds. The standard InChI is InChI=1S/C26H30N8O2S/c1-17-21(11-18(12-28-17)23(35)27-8-10-33-9-4-7-26(33)5-3-6-26)31-24(36)20-14-30-34-16-22(37-25(20)34)19-13-29-32(2)15-19/h11-16H,3-10H2,1-2H3,(H,27,35)(H,31,36). The van der Waals surface area contributed by atoms with Crippen molar-refractivity contribution in [3.63, 3.8) is 0 Å². The normalized spacial score (nSPS) is 16.8. The lowest BCUT2D eigenvalue weighted by atomic mass is 9.75. The molecule has 37 heavy (non-hydrogen) atoms. The van der Waals surface area contributed by atoms with Gasteiger partial charge in [-0.1, -0.05) is 0 Å². The van der Waals surface area contributed by atoms with E-state index in [0.29, 0.717) is 34.6 Å². The van der Waals surface area contributed by atoms with Crippen LogP contribution in [0.25, 0.3) is 15.3 Å². The highest BCUT2D eigenvalue weighted by Gasteiger charge is 2.44. The number of likely N-dealkylation sites (tertiary alicyclic amines) is 1. The zero-order valence-corrected chi connectivity index (χ0v) is 21.8. The van der Waals surface area contributed by atoms with Crippen LogP contribution in [0.15, 0.2) is 37.1 Å². The Bertz CT molecular complexity index is 1480. The van der Waals surface area contributed by atoms with Crippen molar-refractivity contribution in [3.05, 3.63) is 53.9 Å². The molecule has 2 fully saturated rings. The van der Waals surface area contributed by atoms with Crippen LogP contribution in [0.5, 0.6) is 0 Å². The molecule has 0 unspecified atom stereocenters. The fourth-order valence-electron chi connectivity index (χ4n) is 5.50. The smallest absolute Gasteiger partial charge is 0.260 e. The van der Waals surface area contributed by atoms with Crippen LogP contribution in [0.2, 0.25) is 0 Å². The molecule has 2 aliphatic rings. The van der Waals surface area contributed by atoms with Crippen LogP contribution in [0.1, 0.15) is 58.5 Å². The van der Waals surface area contributed by atoms with Crippen molar-refractivity contribution in [3.8, 4) is 10.4 Å². The summed E-state index contributed by atoms with van der Waals surface area (Å²) >= 11 is 1.48. The first-order valence-corrected chi connectivity index (χ1v) is 13.5. The Hall–Kier alpha value is -3.57. The number of amides is 2. The molecule has 6 rings (SSSR count). The highest BCUT2D eigenvalue weighted by Crippen LogP contribution is 2.45. The number of aromatic nitrogens is 5. The van der Waals surface area contributed by atoms with Crippen molar-refractivity contribution in [1.29, 1.82) is 0 Å². The molecule has 1 saturated carbocycles. The summed E-state index contributed by atoms with van der Waals surface area (Å²) in [5, 5.41) is 14.5. The van der Waals surface area contributed by atoms with Crippen LogP contribution in [0.3, 0.4) is 0 Å². The summed E-state index contributed by atoms with van der Waals surface area (Å²) in [6.45, 7) is 4.40. The summed E-state index contributed by atoms with van der Waals surface area (Å²) < 4.78 is 3.44. The van der Waals surface area contributed by atoms with Crippen molar-refractivity contribution in [2.75, 3.05) is 25.0 Å². The van der Waals surface area contributed by atoms with Gasteiger partial charge in [0.05, 0.1) is 39.8 Å². The molecule has 0 bridgehead atoms. The van der Waals surface area contributed by atoms with E-state index >= 15 is 0 Å². The minimum Gasteiger partial charge on any atom is -0.351 e. The number of nitrogens with zero attached hydrogens (tertiary/aromatic N) is 6. The quantitative estimate of drug-likeness (QED) is 0.388. The van der Waals surface area contributed by atoms with Gasteiger partial charge in [0.1, 0.15) is 4.83 Å². The number of carbonyl (C=O) groups excluding carboxylic acids is 2. The Morgan fingerprint density at radius 3 is 2.68 bits per heavy atom. The summed E-state index contributed by atoms with van der Waals surface area (Å²) in [5.41, 5.74) is 3.40. The lowest BCUT2D eigenvalue weighted by Gasteiger charge is -2.46. The van der Waals surface area contributed by atoms with Crippen LogP contribution in [0, 0.1) is 6.92 Å². The summed E-state index contributed by atoms with van der Waals surface area (Å²) in [7, 11) is 1.86. The van der Waals surface area contributed by atoms with E-state index in [0.717, 1.165) is 28.4 Å². The third-order valence-electron chi connectivity index (χ3n) is 7.72. The molecule has 5 heterocycles. The molecule has 1 spiro atoms. The first kappa shape index (κ1) is 23.8. The summed E-state index contributed by atoms with van der Waals surface area (Å²) in [6.07, 6.45) is 15.1. The molecule has 1 saturated heterocycles. The molecule has 2 N–H and O–H groups in total. The van der Waals surface area contributed by atoms with Gasteiger partial charge in [-0.2, -0.15) is 10.2 Å². The molecule has 0 radical (unpaired) electrons. The molecule has 0 atom stereocenters. The topological polar surface area (TPSA) is 109 Å². The Balaban J connectivity index is 1.12. The number of thiazole rings is 1. The zero-order chi connectivity index (χ0) is 25.6. The first-order chi connectivity index (χ1) is 17.9. The summed E-state index contributed by atoms with van der Waals surface area (Å²) in [6, 6.07) is 1.69. The van der Waals surface area contributed by atoms with Gasteiger partial charge in [0, 0.05) is 49.8 Å². The van der Waals surface area contributed by atoms with E-state index in [-0.39, 0.29) is 11.8 Å². The maximum atomic E-state index is 13.2. The summed E-state index contributed by atoms with van der Waals surface area (Å²) in [5.74, 6) is -0.478. The number of rotatable bonds is 7. The summed E-state index contributed by atoms with van der Waals surface area (Å²) in [4.78, 5) is 34.7. The van der Waals surface area contributed by atoms with Crippen molar-refractivity contribution < 1.29 is 9.59 Å². The fourth-order valence-corrected chi connectivity index (χ4v) is 6.53. The Labute approximate surface area is 218 Å². The highest BCUT2D eigenvalue weighted by molar-refractivity contribution is 7.21. The van der Waals surface area contributed by atoms with Crippen LogP contribution in [0.4, 0.5) is 5.69 Å². The number of pyridine rings is 1. The molecule has 1 aliphatic carbocycles. The highest BCUT2D eigenvalue weighted by atomic mass is 32.1. The lowest BCUT2D eigenvalue weighted by Crippen LogP contribution is -2.51. The second kappa shape index (κ2) is 9.38. The molecule has 11 heteroatoms. The zero-order valence-electron chi connectivity index (χ0n) is 21.0. The third kappa shape index (κ3) is 4.42. The maximum Gasteiger partial charge on any atom is 0.260 e. The van der Waals surface area contributed by atoms with Gasteiger partial charge < -0.3 is 10.6 Å². The van der Waals surface area contributed by atoms with E-state index in [1.807, 2.05) is 26.4 Å². The van der Waals surface area contributed by atoms with Crippen LogP contribution in [-0.4, -0.2) is 66.3 Å². The minimum absolute atomic E-state index is 0.183. The van der Waals surface area contributed by atoms with Gasteiger partial charge in [-0.15, -0.1) is 11.3 Å². The van der Waals surface area contributed by atoms with Gasteiger partial charge >= 0.3 is 0 Å². The van der Waals surface area contributed by atoms with Gasteiger partial charge in [-0.3, -0.25) is 24.2 Å². The average molecular weight is 519 g/mol. The van der Waals surface area contributed by atoms with E-state index < -0.39 is 0 Å². The van der Waals surface area contributed by atoms with E-state index in [4.69, 9.17) is 0 Å². The van der Waals surface area contributed by atoms with Gasteiger partial charge in [-0.05, 0) is 51.6 Å². The largest absolute Gasteiger partial charge is 0.351 e. The number of hydrogen-bond donors (Lipinski definition) is 2. The second-order valence-electron chi connectivity index (χ2n) is 10.0. The third-order valence-corrected chi connectivity index (χ3v) is 8.88. The van der Waals surface area contributed by atoms with Crippen LogP contribution >= 0.6 is 11.3 Å².